The van der Waals surface area contributed by atoms with Crippen LogP contribution in [0.2, 0.25) is 0 Å². The first kappa shape index (κ1) is 25.1. The molecule has 1 aliphatic rings. The standard InChI is InChI=1S/C26H20FN3O7S/c1-3-35-25(34)23-12(2)29-26(38-23)30-20(13-4-7-15(8-5-13)36-11-18(28)31)19-21(32)16-10-14(27)6-9-17(16)37-22(19)24(30)33/h4-10,20H,3,11H2,1-2H3,(H2,28,31). The number of fused-ring (bicyclic) bond motifs is 2. The van der Waals surface area contributed by atoms with Gasteiger partial charge >= 0.3 is 5.97 Å². The van der Waals surface area contributed by atoms with E-state index in [0.717, 1.165) is 23.5 Å². The number of anilines is 1. The largest absolute Gasteiger partial charge is 0.484 e. The lowest BCUT2D eigenvalue weighted by Crippen LogP contribution is -2.29. The number of carbonyl (C=O) groups excluding carboxylic acids is 3. The van der Waals surface area contributed by atoms with Gasteiger partial charge in [-0.05, 0) is 49.7 Å². The molecule has 4 aromatic rings. The van der Waals surface area contributed by atoms with Gasteiger partial charge in [0.05, 0.1) is 29.3 Å². The third-order valence-electron chi connectivity index (χ3n) is 5.86. The Balaban J connectivity index is 1.68. The van der Waals surface area contributed by atoms with Gasteiger partial charge in [-0.25, -0.2) is 14.2 Å². The summed E-state index contributed by atoms with van der Waals surface area (Å²) in [5.74, 6) is -2.38. The minimum atomic E-state index is -1.01. The fraction of sp³-hybridized carbons (Fsp3) is 0.192. The van der Waals surface area contributed by atoms with Crippen LogP contribution in [0.3, 0.4) is 0 Å². The average molecular weight is 538 g/mol. The molecule has 0 fully saturated rings. The smallest absolute Gasteiger partial charge is 0.350 e. The molecular weight excluding hydrogens is 517 g/mol. The average Bonchev–Trinajstić information content (AvgIpc) is 3.41. The van der Waals surface area contributed by atoms with E-state index in [9.17, 15) is 23.6 Å². The van der Waals surface area contributed by atoms with E-state index in [4.69, 9.17) is 19.6 Å². The van der Waals surface area contributed by atoms with Gasteiger partial charge in [-0.1, -0.05) is 23.5 Å². The molecule has 2 aromatic heterocycles. The molecule has 5 rings (SSSR count). The van der Waals surface area contributed by atoms with Crippen LogP contribution in [0.5, 0.6) is 5.75 Å². The van der Waals surface area contributed by atoms with Crippen molar-refractivity contribution in [3.8, 4) is 5.75 Å². The van der Waals surface area contributed by atoms with Gasteiger partial charge in [0.25, 0.3) is 11.8 Å². The molecule has 0 spiro atoms. The molecule has 10 nitrogen and oxygen atoms in total. The number of halogens is 1. The van der Waals surface area contributed by atoms with E-state index >= 15 is 0 Å². The van der Waals surface area contributed by atoms with Gasteiger partial charge in [-0.3, -0.25) is 19.3 Å². The van der Waals surface area contributed by atoms with Gasteiger partial charge in [0, 0.05) is 0 Å². The summed E-state index contributed by atoms with van der Waals surface area (Å²) in [6, 6.07) is 8.79. The number of thiazole rings is 1. The molecule has 1 aliphatic heterocycles. The molecule has 194 valence electrons. The molecule has 38 heavy (non-hydrogen) atoms. The third kappa shape index (κ3) is 4.28. The van der Waals surface area contributed by atoms with E-state index in [1.54, 1.807) is 38.1 Å². The van der Waals surface area contributed by atoms with E-state index < -0.39 is 35.1 Å². The van der Waals surface area contributed by atoms with Gasteiger partial charge in [0.15, 0.2) is 17.2 Å². The highest BCUT2D eigenvalue weighted by molar-refractivity contribution is 7.17. The van der Waals surface area contributed by atoms with Crippen LogP contribution < -0.4 is 20.8 Å². The van der Waals surface area contributed by atoms with Crippen LogP contribution in [0.1, 0.15) is 50.0 Å². The minimum Gasteiger partial charge on any atom is -0.484 e. The maximum atomic E-state index is 14.0. The van der Waals surface area contributed by atoms with E-state index in [1.807, 2.05) is 0 Å². The molecule has 0 saturated carbocycles. The van der Waals surface area contributed by atoms with Crippen molar-refractivity contribution in [3.05, 3.63) is 86.0 Å². The molecule has 1 atom stereocenters. The molecule has 12 heteroatoms. The highest BCUT2D eigenvalue weighted by Gasteiger charge is 2.45. The zero-order valence-corrected chi connectivity index (χ0v) is 21.0. The maximum absolute atomic E-state index is 14.0. The van der Waals surface area contributed by atoms with Gasteiger partial charge in [-0.2, -0.15) is 0 Å². The second-order valence-corrected chi connectivity index (χ2v) is 9.33. The van der Waals surface area contributed by atoms with E-state index in [2.05, 4.69) is 4.98 Å². The number of nitrogens with two attached hydrogens (primary N) is 1. The van der Waals surface area contributed by atoms with Crippen LogP contribution >= 0.6 is 11.3 Å². The zero-order valence-electron chi connectivity index (χ0n) is 20.1. The van der Waals surface area contributed by atoms with E-state index in [1.165, 1.54) is 11.0 Å². The van der Waals surface area contributed by atoms with Gasteiger partial charge < -0.3 is 19.6 Å². The lowest BCUT2D eigenvalue weighted by atomic mass is 9.98. The van der Waals surface area contributed by atoms with Crippen molar-refractivity contribution >= 4 is 45.2 Å². The number of esters is 1. The number of ether oxygens (including phenoxy) is 2. The Morgan fingerprint density at radius 3 is 2.61 bits per heavy atom. The number of hydrogen-bond acceptors (Lipinski definition) is 9. The van der Waals surface area contributed by atoms with Crippen LogP contribution in [-0.4, -0.2) is 36.0 Å². The van der Waals surface area contributed by atoms with Crippen LogP contribution in [0, 0.1) is 12.7 Å². The molecule has 3 heterocycles. The fourth-order valence-electron chi connectivity index (χ4n) is 4.23. The van der Waals surface area contributed by atoms with Crippen LogP contribution in [0.25, 0.3) is 11.0 Å². The first-order valence-electron chi connectivity index (χ1n) is 11.4. The summed E-state index contributed by atoms with van der Waals surface area (Å²) in [6.07, 6.45) is 0. The molecule has 2 amide bonds. The van der Waals surface area contributed by atoms with Crippen LogP contribution in [0.15, 0.2) is 51.7 Å². The van der Waals surface area contributed by atoms with Crippen LogP contribution in [-0.2, 0) is 9.53 Å². The van der Waals surface area contributed by atoms with Gasteiger partial charge in [0.1, 0.15) is 22.0 Å². The van der Waals surface area contributed by atoms with E-state index in [0.29, 0.717) is 17.0 Å². The van der Waals surface area contributed by atoms with Crippen molar-refractivity contribution in [1.82, 2.24) is 4.98 Å². The van der Waals surface area contributed by atoms with Crippen molar-refractivity contribution in [2.45, 2.75) is 19.9 Å². The number of aromatic nitrogens is 1. The monoisotopic (exact) mass is 537 g/mol. The molecule has 2 N–H and O–H groups in total. The second-order valence-electron chi connectivity index (χ2n) is 8.35. The summed E-state index contributed by atoms with van der Waals surface area (Å²) in [6.45, 7) is 3.12. The molecule has 0 bridgehead atoms. The Morgan fingerprint density at radius 1 is 1.18 bits per heavy atom. The molecule has 0 aliphatic carbocycles. The predicted octanol–water partition coefficient (Wildman–Crippen LogP) is 3.49. The summed E-state index contributed by atoms with van der Waals surface area (Å²) >= 11 is 0.944. The number of aryl methyl sites for hydroxylation is 1. The number of rotatable bonds is 7. The van der Waals surface area contributed by atoms with E-state index in [-0.39, 0.29) is 45.5 Å². The highest BCUT2D eigenvalue weighted by Crippen LogP contribution is 2.43. The SMILES string of the molecule is CCOC(=O)c1sc(N2C(=O)c3oc4ccc(F)cc4c(=O)c3C2c2ccc(OCC(N)=O)cc2)nc1C. The number of amides is 2. The third-order valence-corrected chi connectivity index (χ3v) is 7.00. The lowest BCUT2D eigenvalue weighted by molar-refractivity contribution is -0.119. The number of primary amides is 1. The number of nitrogens with zero attached hydrogens (tertiary/aromatic N) is 2. The number of benzene rings is 2. The Bertz CT molecular complexity index is 1660. The topological polar surface area (TPSA) is 142 Å². The predicted molar refractivity (Wildman–Crippen MR) is 135 cm³/mol. The summed E-state index contributed by atoms with van der Waals surface area (Å²) in [5.41, 5.74) is 5.45. The Morgan fingerprint density at radius 2 is 1.92 bits per heavy atom. The quantitative estimate of drug-likeness (QED) is 0.353. The fourth-order valence-corrected chi connectivity index (χ4v) is 5.22. The molecule has 2 aromatic carbocycles. The van der Waals surface area contributed by atoms with Crippen molar-refractivity contribution in [3.63, 3.8) is 0 Å². The second kappa shape index (κ2) is 9.71. The van der Waals surface area contributed by atoms with Gasteiger partial charge in [0.2, 0.25) is 5.76 Å². The highest BCUT2D eigenvalue weighted by atomic mass is 32.1. The summed E-state index contributed by atoms with van der Waals surface area (Å²) in [5, 5.41) is 0.128. The first-order chi connectivity index (χ1) is 18.2. The summed E-state index contributed by atoms with van der Waals surface area (Å²) in [7, 11) is 0. The normalized spacial score (nSPS) is 14.6. The van der Waals surface area contributed by atoms with Crippen molar-refractivity contribution in [2.75, 3.05) is 18.1 Å². The Kier molecular flexibility index (Phi) is 6.41. The summed E-state index contributed by atoms with van der Waals surface area (Å²) in [4.78, 5) is 56.7. The molecule has 0 radical (unpaired) electrons. The van der Waals surface area contributed by atoms with Crippen molar-refractivity contribution in [2.24, 2.45) is 5.73 Å². The maximum Gasteiger partial charge on any atom is 0.350 e. The number of carbonyl (C=O) groups is 3. The molecule has 0 saturated heterocycles. The van der Waals surface area contributed by atoms with Crippen molar-refractivity contribution in [1.29, 1.82) is 0 Å². The minimum absolute atomic E-state index is 0.00411. The summed E-state index contributed by atoms with van der Waals surface area (Å²) < 4.78 is 30.2. The molecule has 1 unspecified atom stereocenters. The Labute approximate surface area is 218 Å². The van der Waals surface area contributed by atoms with Gasteiger partial charge in [-0.15, -0.1) is 0 Å². The van der Waals surface area contributed by atoms with Crippen LogP contribution in [0.4, 0.5) is 9.52 Å². The zero-order chi connectivity index (χ0) is 27.1. The van der Waals surface area contributed by atoms with Crippen molar-refractivity contribution < 1.29 is 32.7 Å². The Hall–Kier alpha value is -4.58. The first-order valence-corrected chi connectivity index (χ1v) is 12.3. The lowest BCUT2D eigenvalue weighted by Gasteiger charge is -2.22. The molecular formula is C26H20FN3O7S. The number of hydrogen-bond donors (Lipinski definition) is 1.